The second-order valence-corrected chi connectivity index (χ2v) is 5.12. The molecule has 0 saturated heterocycles. The van der Waals surface area contributed by atoms with Crippen molar-refractivity contribution in [3.8, 4) is 6.07 Å². The maximum Gasteiger partial charge on any atom is 0.249 e. The van der Waals surface area contributed by atoms with Crippen LogP contribution in [-0.2, 0) is 10.0 Å². The number of para-hydroxylation sites is 1. The molecule has 16 heavy (non-hydrogen) atoms. The molecule has 1 rings (SSSR count). The van der Waals surface area contributed by atoms with Crippen LogP contribution in [0.5, 0.6) is 0 Å². The van der Waals surface area contributed by atoms with Gasteiger partial charge in [0, 0.05) is 0 Å². The van der Waals surface area contributed by atoms with Gasteiger partial charge in [0.25, 0.3) is 0 Å². The first-order chi connectivity index (χ1) is 7.38. The maximum atomic E-state index is 13.3. The van der Waals surface area contributed by atoms with E-state index < -0.39 is 21.1 Å². The van der Waals surface area contributed by atoms with E-state index in [2.05, 4.69) is 0 Å². The molecule has 0 radical (unpaired) electrons. The smallest absolute Gasteiger partial charge is 0.249 e. The second-order valence-electron chi connectivity index (χ2n) is 3.12. The van der Waals surface area contributed by atoms with E-state index in [-0.39, 0.29) is 11.4 Å². The largest absolute Gasteiger partial charge is 0.397 e. The van der Waals surface area contributed by atoms with Crippen molar-refractivity contribution in [2.45, 2.75) is 12.2 Å². The highest BCUT2D eigenvalue weighted by Crippen LogP contribution is 2.23. The number of nitrogens with one attached hydrogen (secondary N) is 1. The van der Waals surface area contributed by atoms with E-state index in [0.29, 0.717) is 0 Å². The lowest BCUT2D eigenvalue weighted by Gasteiger charge is -2.11. The number of nitriles is 1. The van der Waals surface area contributed by atoms with Crippen LogP contribution in [0.25, 0.3) is 0 Å². The second kappa shape index (κ2) is 4.37. The van der Waals surface area contributed by atoms with Gasteiger partial charge in [-0.05, 0) is 19.1 Å². The van der Waals surface area contributed by atoms with Gasteiger partial charge in [0.2, 0.25) is 10.0 Å². The Balaban J connectivity index is 3.12. The SMILES string of the molecule is CC(C#N)S(=O)(=O)Nc1c(N)cccc1F. The molecule has 86 valence electrons. The molecule has 0 aliphatic carbocycles. The Kier molecular flexibility index (Phi) is 3.34. The van der Waals surface area contributed by atoms with Gasteiger partial charge < -0.3 is 5.73 Å². The topological polar surface area (TPSA) is 96.0 Å². The third-order valence-electron chi connectivity index (χ3n) is 1.94. The van der Waals surface area contributed by atoms with E-state index in [1.54, 1.807) is 6.07 Å². The number of anilines is 2. The van der Waals surface area contributed by atoms with Gasteiger partial charge in [-0.15, -0.1) is 0 Å². The van der Waals surface area contributed by atoms with Gasteiger partial charge in [-0.25, -0.2) is 12.8 Å². The Labute approximate surface area is 92.7 Å². The molecule has 0 fully saturated rings. The lowest BCUT2D eigenvalue weighted by Crippen LogP contribution is -2.24. The van der Waals surface area contributed by atoms with Crippen molar-refractivity contribution in [3.05, 3.63) is 24.0 Å². The average molecular weight is 243 g/mol. The van der Waals surface area contributed by atoms with E-state index in [9.17, 15) is 12.8 Å². The van der Waals surface area contributed by atoms with Gasteiger partial charge in [-0.2, -0.15) is 5.26 Å². The number of nitrogens with zero attached hydrogens (tertiary/aromatic N) is 1. The van der Waals surface area contributed by atoms with Crippen molar-refractivity contribution >= 4 is 21.4 Å². The molecule has 1 aromatic rings. The molecule has 3 N–H and O–H groups in total. The molecule has 1 aromatic carbocycles. The molecular formula is C9H10FN3O2S. The fourth-order valence-electron chi connectivity index (χ4n) is 0.949. The first kappa shape index (κ1) is 12.3. The van der Waals surface area contributed by atoms with Crippen LogP contribution >= 0.6 is 0 Å². The molecule has 0 aromatic heterocycles. The Morgan fingerprint density at radius 2 is 2.19 bits per heavy atom. The number of nitrogens with two attached hydrogens (primary N) is 1. The van der Waals surface area contributed by atoms with Gasteiger partial charge >= 0.3 is 0 Å². The van der Waals surface area contributed by atoms with Crippen LogP contribution in [0.15, 0.2) is 18.2 Å². The van der Waals surface area contributed by atoms with Crippen LogP contribution in [0.1, 0.15) is 6.92 Å². The van der Waals surface area contributed by atoms with E-state index >= 15 is 0 Å². The minimum absolute atomic E-state index is 0.0336. The van der Waals surface area contributed by atoms with E-state index in [0.717, 1.165) is 6.07 Å². The summed E-state index contributed by atoms with van der Waals surface area (Å²) in [6.07, 6.45) is 0. The zero-order chi connectivity index (χ0) is 12.3. The lowest BCUT2D eigenvalue weighted by atomic mass is 10.3. The standard InChI is InChI=1S/C9H10FN3O2S/c1-6(5-11)16(14,15)13-9-7(10)3-2-4-8(9)12/h2-4,6,13H,12H2,1H3. The molecule has 0 saturated carbocycles. The summed E-state index contributed by atoms with van der Waals surface area (Å²) >= 11 is 0. The summed E-state index contributed by atoms with van der Waals surface area (Å²) in [7, 11) is -3.94. The number of rotatable bonds is 3. The summed E-state index contributed by atoms with van der Waals surface area (Å²) in [6.45, 7) is 1.19. The third-order valence-corrected chi connectivity index (χ3v) is 3.46. The fourth-order valence-corrected chi connectivity index (χ4v) is 1.76. The zero-order valence-electron chi connectivity index (χ0n) is 8.44. The molecule has 7 heteroatoms. The first-order valence-electron chi connectivity index (χ1n) is 4.33. The van der Waals surface area contributed by atoms with Crippen molar-refractivity contribution in [1.82, 2.24) is 0 Å². The van der Waals surface area contributed by atoms with Crippen molar-refractivity contribution in [2.75, 3.05) is 10.5 Å². The average Bonchev–Trinajstić information content (AvgIpc) is 2.22. The van der Waals surface area contributed by atoms with Crippen molar-refractivity contribution in [2.24, 2.45) is 0 Å². The van der Waals surface area contributed by atoms with Crippen LogP contribution in [0.4, 0.5) is 15.8 Å². The lowest BCUT2D eigenvalue weighted by molar-refractivity contribution is 0.595. The molecule has 0 aliphatic heterocycles. The third kappa shape index (κ3) is 2.41. The van der Waals surface area contributed by atoms with Crippen LogP contribution in [0.2, 0.25) is 0 Å². The highest BCUT2D eigenvalue weighted by Gasteiger charge is 2.22. The molecule has 1 unspecified atom stereocenters. The fraction of sp³-hybridized carbons (Fsp3) is 0.222. The van der Waals surface area contributed by atoms with Crippen LogP contribution in [0, 0.1) is 17.1 Å². The highest BCUT2D eigenvalue weighted by molar-refractivity contribution is 7.93. The van der Waals surface area contributed by atoms with Crippen molar-refractivity contribution in [3.63, 3.8) is 0 Å². The van der Waals surface area contributed by atoms with E-state index in [4.69, 9.17) is 11.0 Å². The monoisotopic (exact) mass is 243 g/mol. The number of benzene rings is 1. The number of halogens is 1. The van der Waals surface area contributed by atoms with Gasteiger partial charge in [-0.3, -0.25) is 4.72 Å². The number of sulfonamides is 1. The van der Waals surface area contributed by atoms with Crippen LogP contribution in [-0.4, -0.2) is 13.7 Å². The highest BCUT2D eigenvalue weighted by atomic mass is 32.2. The van der Waals surface area contributed by atoms with Crippen molar-refractivity contribution in [1.29, 1.82) is 5.26 Å². The number of nitrogen functional groups attached to an aromatic ring is 1. The molecule has 0 spiro atoms. The van der Waals surface area contributed by atoms with E-state index in [1.807, 2.05) is 4.72 Å². The Hall–Kier alpha value is -1.81. The minimum Gasteiger partial charge on any atom is -0.397 e. The van der Waals surface area contributed by atoms with Gasteiger partial charge in [0.05, 0.1) is 11.8 Å². The van der Waals surface area contributed by atoms with Crippen molar-refractivity contribution < 1.29 is 12.8 Å². The first-order valence-corrected chi connectivity index (χ1v) is 5.88. The van der Waals surface area contributed by atoms with Gasteiger partial charge in [-0.1, -0.05) is 6.07 Å². The Morgan fingerprint density at radius 3 is 2.69 bits per heavy atom. The van der Waals surface area contributed by atoms with E-state index in [1.165, 1.54) is 19.1 Å². The normalized spacial score (nSPS) is 12.8. The van der Waals surface area contributed by atoms with Gasteiger partial charge in [0.15, 0.2) is 5.25 Å². The minimum atomic E-state index is -3.94. The maximum absolute atomic E-state index is 13.3. The molecule has 1 atom stereocenters. The summed E-state index contributed by atoms with van der Waals surface area (Å²) < 4.78 is 38.2. The summed E-state index contributed by atoms with van der Waals surface area (Å²) in [5.41, 5.74) is 5.06. The molecule has 0 bridgehead atoms. The summed E-state index contributed by atoms with van der Waals surface area (Å²) in [5, 5.41) is 7.21. The zero-order valence-corrected chi connectivity index (χ0v) is 9.25. The summed E-state index contributed by atoms with van der Waals surface area (Å²) in [5.74, 6) is -0.784. The molecular weight excluding hydrogens is 233 g/mol. The van der Waals surface area contributed by atoms with Gasteiger partial charge in [0.1, 0.15) is 11.5 Å². The quantitative estimate of drug-likeness (QED) is 0.776. The molecule has 0 heterocycles. The Morgan fingerprint density at radius 1 is 1.56 bits per heavy atom. The summed E-state index contributed by atoms with van der Waals surface area (Å²) in [4.78, 5) is 0. The van der Waals surface area contributed by atoms with Crippen LogP contribution in [0.3, 0.4) is 0 Å². The van der Waals surface area contributed by atoms with Crippen LogP contribution < -0.4 is 10.5 Å². The molecule has 0 amide bonds. The summed E-state index contributed by atoms with van der Waals surface area (Å²) in [6, 6.07) is 5.34. The molecule has 0 aliphatic rings. The number of hydrogen-bond acceptors (Lipinski definition) is 4. The predicted octanol–water partition coefficient (Wildman–Crippen LogP) is 1.06. The molecule has 5 nitrogen and oxygen atoms in total. The number of hydrogen-bond donors (Lipinski definition) is 2. The Bertz CT molecular complexity index is 516. The predicted molar refractivity (Wildman–Crippen MR) is 58.4 cm³/mol.